The van der Waals surface area contributed by atoms with E-state index in [-0.39, 0.29) is 17.3 Å². The highest BCUT2D eigenvalue weighted by Gasteiger charge is 2.16. The fourth-order valence-corrected chi connectivity index (χ4v) is 4.19. The van der Waals surface area contributed by atoms with Crippen molar-refractivity contribution in [3.63, 3.8) is 0 Å². The van der Waals surface area contributed by atoms with Crippen molar-refractivity contribution >= 4 is 29.3 Å². The number of thioether (sulfide) groups is 1. The number of ether oxygens (including phenoxy) is 1. The van der Waals surface area contributed by atoms with Gasteiger partial charge in [-0.05, 0) is 57.8 Å². The van der Waals surface area contributed by atoms with E-state index in [1.54, 1.807) is 0 Å². The summed E-state index contributed by atoms with van der Waals surface area (Å²) in [5.74, 6) is 0.405. The van der Waals surface area contributed by atoms with Crippen LogP contribution in [0.3, 0.4) is 0 Å². The molecule has 7 heteroatoms. The van der Waals surface area contributed by atoms with Gasteiger partial charge < -0.3 is 20.2 Å². The van der Waals surface area contributed by atoms with Crippen molar-refractivity contribution in [3.05, 3.63) is 24.3 Å². The van der Waals surface area contributed by atoms with Gasteiger partial charge in [0.25, 0.3) is 5.24 Å². The SMILES string of the molecule is CCC/C=C/CCC(CC/C=C/CCC)OC(=O)CCCN(CCCCCC=O)C(=O)SCCN. The maximum atomic E-state index is 12.6. The highest BCUT2D eigenvalue weighted by atomic mass is 32.2. The summed E-state index contributed by atoms with van der Waals surface area (Å²) in [6, 6.07) is 0. The molecule has 0 rings (SSSR count). The number of hydrogen-bond donors (Lipinski definition) is 1. The van der Waals surface area contributed by atoms with Gasteiger partial charge in [0.15, 0.2) is 0 Å². The molecule has 0 aromatic rings. The second-order valence-corrected chi connectivity index (χ2v) is 9.84. The topological polar surface area (TPSA) is 89.7 Å². The Balaban J connectivity index is 4.62. The van der Waals surface area contributed by atoms with Crippen molar-refractivity contribution in [1.82, 2.24) is 4.90 Å². The first-order chi connectivity index (χ1) is 17.1. The van der Waals surface area contributed by atoms with Crippen LogP contribution in [-0.2, 0) is 14.3 Å². The summed E-state index contributed by atoms with van der Waals surface area (Å²) in [4.78, 5) is 37.4. The maximum absolute atomic E-state index is 12.6. The lowest BCUT2D eigenvalue weighted by Gasteiger charge is -2.22. The molecule has 2 N–H and O–H groups in total. The number of amides is 1. The third kappa shape index (κ3) is 21.4. The minimum absolute atomic E-state index is 0.00909. The minimum Gasteiger partial charge on any atom is -0.462 e. The molecule has 0 heterocycles. The van der Waals surface area contributed by atoms with Crippen LogP contribution < -0.4 is 5.73 Å². The Morgan fingerprint density at radius 1 is 0.857 bits per heavy atom. The van der Waals surface area contributed by atoms with Gasteiger partial charge in [-0.25, -0.2) is 0 Å². The molecule has 0 fully saturated rings. The molecule has 0 aromatic carbocycles. The van der Waals surface area contributed by atoms with E-state index >= 15 is 0 Å². The van der Waals surface area contributed by atoms with E-state index in [2.05, 4.69) is 38.2 Å². The zero-order chi connectivity index (χ0) is 26.0. The lowest BCUT2D eigenvalue weighted by molar-refractivity contribution is -0.149. The van der Waals surface area contributed by atoms with Gasteiger partial charge in [0.1, 0.15) is 12.4 Å². The third-order valence-corrected chi connectivity index (χ3v) is 6.46. The van der Waals surface area contributed by atoms with Crippen LogP contribution in [0.1, 0.15) is 104 Å². The predicted molar refractivity (Wildman–Crippen MR) is 149 cm³/mol. The summed E-state index contributed by atoms with van der Waals surface area (Å²) in [5, 5.41) is 0.00909. The van der Waals surface area contributed by atoms with Gasteiger partial charge in [-0.2, -0.15) is 0 Å². The van der Waals surface area contributed by atoms with Crippen LogP contribution in [0.15, 0.2) is 24.3 Å². The Morgan fingerprint density at radius 3 is 2.03 bits per heavy atom. The Kier molecular flexibility index (Phi) is 24.3. The molecule has 0 bridgehead atoms. The molecule has 0 saturated carbocycles. The predicted octanol–water partition coefficient (Wildman–Crippen LogP) is 6.82. The van der Waals surface area contributed by atoms with Crippen LogP contribution in [0.25, 0.3) is 0 Å². The van der Waals surface area contributed by atoms with Gasteiger partial charge in [-0.1, -0.05) is 69.2 Å². The van der Waals surface area contributed by atoms with Crippen LogP contribution in [0.2, 0.25) is 0 Å². The van der Waals surface area contributed by atoms with Crippen molar-refractivity contribution in [2.24, 2.45) is 5.73 Å². The van der Waals surface area contributed by atoms with Crippen LogP contribution in [-0.4, -0.2) is 53.9 Å². The fourth-order valence-electron chi connectivity index (χ4n) is 3.53. The number of carbonyl (C=O) groups is 3. The van der Waals surface area contributed by atoms with Crippen molar-refractivity contribution < 1.29 is 19.1 Å². The summed E-state index contributed by atoms with van der Waals surface area (Å²) in [5.41, 5.74) is 5.54. The normalized spacial score (nSPS) is 11.5. The summed E-state index contributed by atoms with van der Waals surface area (Å²) in [6.07, 6.45) is 21.7. The molecular formula is C28H50N2O4S. The first kappa shape index (κ1) is 33.4. The lowest BCUT2D eigenvalue weighted by atomic mass is 10.1. The quantitative estimate of drug-likeness (QED) is 0.0701. The molecule has 35 heavy (non-hydrogen) atoms. The first-order valence-corrected chi connectivity index (χ1v) is 14.6. The highest BCUT2D eigenvalue weighted by Crippen LogP contribution is 2.15. The summed E-state index contributed by atoms with van der Waals surface area (Å²) in [6.45, 7) is 5.96. The van der Waals surface area contributed by atoms with E-state index in [1.165, 1.54) is 11.8 Å². The molecule has 0 saturated heterocycles. The van der Waals surface area contributed by atoms with Gasteiger partial charge in [-0.15, -0.1) is 0 Å². The molecule has 0 unspecified atom stereocenters. The Morgan fingerprint density at radius 2 is 1.46 bits per heavy atom. The van der Waals surface area contributed by atoms with Gasteiger partial charge in [0.2, 0.25) is 0 Å². The molecule has 0 atom stereocenters. The molecule has 6 nitrogen and oxygen atoms in total. The molecule has 1 amide bonds. The monoisotopic (exact) mass is 510 g/mol. The van der Waals surface area contributed by atoms with E-state index in [0.29, 0.717) is 44.6 Å². The minimum atomic E-state index is -0.182. The molecule has 202 valence electrons. The number of allylic oxidation sites excluding steroid dienone is 4. The first-order valence-electron chi connectivity index (χ1n) is 13.6. The highest BCUT2D eigenvalue weighted by molar-refractivity contribution is 8.13. The van der Waals surface area contributed by atoms with Crippen LogP contribution in [0.4, 0.5) is 4.79 Å². The largest absolute Gasteiger partial charge is 0.462 e. The van der Waals surface area contributed by atoms with Crippen molar-refractivity contribution in [2.45, 2.75) is 110 Å². The van der Waals surface area contributed by atoms with E-state index < -0.39 is 0 Å². The van der Waals surface area contributed by atoms with Crippen molar-refractivity contribution in [2.75, 3.05) is 25.4 Å². The molecule has 0 aliphatic rings. The van der Waals surface area contributed by atoms with Crippen molar-refractivity contribution in [3.8, 4) is 0 Å². The Bertz CT molecular complexity index is 576. The smallest absolute Gasteiger partial charge is 0.306 e. The fraction of sp³-hybridized carbons (Fsp3) is 0.750. The molecule has 0 spiro atoms. The maximum Gasteiger partial charge on any atom is 0.306 e. The van der Waals surface area contributed by atoms with Gasteiger partial charge >= 0.3 is 5.97 Å². The number of nitrogens with two attached hydrogens (primary N) is 1. The number of nitrogens with zero attached hydrogens (tertiary/aromatic N) is 1. The molecule has 0 aliphatic heterocycles. The molecular weight excluding hydrogens is 460 g/mol. The standard InChI is InChI=1S/C28H50N2O4S/c1-3-5-7-9-13-18-26(19-14-10-8-6-4-2)34-27(32)20-17-23-30(28(33)35-25-21-29)22-15-11-12-16-24-31/h7-10,24,26H,3-6,11-23,25,29H2,1-2H3/b9-7+,10-8+. The zero-order valence-corrected chi connectivity index (χ0v) is 23.1. The van der Waals surface area contributed by atoms with Crippen LogP contribution in [0.5, 0.6) is 0 Å². The number of hydrogen-bond acceptors (Lipinski definition) is 6. The van der Waals surface area contributed by atoms with Gasteiger partial charge in [-0.3, -0.25) is 9.59 Å². The molecule has 0 aromatic heterocycles. The second kappa shape index (κ2) is 25.5. The number of unbranched alkanes of at least 4 members (excludes halogenated alkanes) is 5. The van der Waals surface area contributed by atoms with E-state index in [0.717, 1.165) is 76.9 Å². The van der Waals surface area contributed by atoms with Gasteiger partial charge in [0.05, 0.1) is 0 Å². The Hall–Kier alpha value is -1.60. The average molecular weight is 511 g/mol. The van der Waals surface area contributed by atoms with Gasteiger partial charge in [0, 0.05) is 38.2 Å². The average Bonchev–Trinajstić information content (AvgIpc) is 2.85. The Labute approximate surface area is 218 Å². The van der Waals surface area contributed by atoms with Crippen molar-refractivity contribution in [1.29, 1.82) is 0 Å². The van der Waals surface area contributed by atoms with E-state index in [4.69, 9.17) is 10.5 Å². The zero-order valence-electron chi connectivity index (χ0n) is 22.3. The second-order valence-electron chi connectivity index (χ2n) is 8.80. The summed E-state index contributed by atoms with van der Waals surface area (Å²) in [7, 11) is 0. The lowest BCUT2D eigenvalue weighted by Crippen LogP contribution is -2.31. The molecule has 0 radical (unpaired) electrons. The molecule has 0 aliphatic carbocycles. The number of carbonyl (C=O) groups excluding carboxylic acids is 3. The summed E-state index contributed by atoms with van der Waals surface area (Å²) < 4.78 is 5.83. The summed E-state index contributed by atoms with van der Waals surface area (Å²) >= 11 is 1.23. The third-order valence-electron chi connectivity index (χ3n) is 5.51. The number of aldehydes is 1. The van der Waals surface area contributed by atoms with Crippen LogP contribution in [0, 0.1) is 0 Å². The number of rotatable bonds is 23. The van der Waals surface area contributed by atoms with E-state index in [1.807, 2.05) is 4.90 Å². The number of esters is 1. The van der Waals surface area contributed by atoms with E-state index in [9.17, 15) is 14.4 Å². The van der Waals surface area contributed by atoms with Crippen LogP contribution >= 0.6 is 11.8 Å².